The molecule has 2 atom stereocenters. The zero-order valence-electron chi connectivity index (χ0n) is 12.1. The molecule has 2 unspecified atom stereocenters. The van der Waals surface area contributed by atoms with E-state index in [-0.39, 0.29) is 18.0 Å². The Morgan fingerprint density at radius 2 is 2.05 bits per heavy atom. The summed E-state index contributed by atoms with van der Waals surface area (Å²) in [5.41, 5.74) is 7.05. The van der Waals surface area contributed by atoms with Gasteiger partial charge in [-0.2, -0.15) is 0 Å². The Morgan fingerprint density at radius 1 is 1.30 bits per heavy atom. The van der Waals surface area contributed by atoms with Gasteiger partial charge in [-0.3, -0.25) is 4.79 Å². The Morgan fingerprint density at radius 3 is 2.85 bits per heavy atom. The summed E-state index contributed by atoms with van der Waals surface area (Å²) in [6, 6.07) is 7.81. The van der Waals surface area contributed by atoms with Crippen LogP contribution < -0.4 is 15.8 Å². The molecule has 4 heteroatoms. The topological polar surface area (TPSA) is 64.3 Å². The first kappa shape index (κ1) is 14.9. The number of rotatable bonds is 4. The second kappa shape index (κ2) is 7.29. The van der Waals surface area contributed by atoms with Gasteiger partial charge in [0, 0.05) is 17.6 Å². The molecule has 0 aromatic heterocycles. The van der Waals surface area contributed by atoms with Crippen molar-refractivity contribution in [3.8, 4) is 5.75 Å². The molecule has 4 nitrogen and oxygen atoms in total. The number of nitrogens with two attached hydrogens (primary N) is 1. The number of amides is 1. The van der Waals surface area contributed by atoms with Crippen LogP contribution in [0.25, 0.3) is 0 Å². The summed E-state index contributed by atoms with van der Waals surface area (Å²) < 4.78 is 5.27. The summed E-state index contributed by atoms with van der Waals surface area (Å²) in [6.45, 7) is 0. The van der Waals surface area contributed by atoms with Gasteiger partial charge < -0.3 is 15.8 Å². The number of hydrogen-bond acceptors (Lipinski definition) is 3. The van der Waals surface area contributed by atoms with Crippen molar-refractivity contribution >= 4 is 5.91 Å². The highest BCUT2D eigenvalue weighted by Gasteiger charge is 2.22. The van der Waals surface area contributed by atoms with Gasteiger partial charge in [-0.05, 0) is 18.9 Å². The standard InChI is InChI=1S/C16H24N2O2/c1-20-15-10-6-5-7-12(15)11-16(19)18-14-9-4-2-3-8-13(14)17/h5-7,10,13-14H,2-4,8-9,11,17H2,1H3,(H,18,19). The fourth-order valence-electron chi connectivity index (χ4n) is 2.80. The highest BCUT2D eigenvalue weighted by molar-refractivity contribution is 5.79. The zero-order chi connectivity index (χ0) is 14.4. The summed E-state index contributed by atoms with van der Waals surface area (Å²) in [4.78, 5) is 12.2. The lowest BCUT2D eigenvalue weighted by molar-refractivity contribution is -0.121. The molecule has 1 aromatic carbocycles. The first-order chi connectivity index (χ1) is 9.70. The lowest BCUT2D eigenvalue weighted by Crippen LogP contribution is -2.47. The molecule has 1 aliphatic carbocycles. The molecule has 0 aliphatic heterocycles. The molecule has 1 fully saturated rings. The Kier molecular flexibility index (Phi) is 5.41. The summed E-state index contributed by atoms with van der Waals surface area (Å²) >= 11 is 0. The van der Waals surface area contributed by atoms with Crippen LogP contribution in [0.5, 0.6) is 5.75 Å². The highest BCUT2D eigenvalue weighted by atomic mass is 16.5. The lowest BCUT2D eigenvalue weighted by Gasteiger charge is -2.22. The highest BCUT2D eigenvalue weighted by Crippen LogP contribution is 2.19. The molecule has 1 saturated carbocycles. The van der Waals surface area contributed by atoms with Crippen molar-refractivity contribution in [1.82, 2.24) is 5.32 Å². The number of carbonyl (C=O) groups is 1. The van der Waals surface area contributed by atoms with Gasteiger partial charge in [0.2, 0.25) is 5.91 Å². The second-order valence-corrected chi connectivity index (χ2v) is 5.46. The minimum atomic E-state index is 0.0249. The molecule has 1 aliphatic rings. The van der Waals surface area contributed by atoms with E-state index in [1.165, 1.54) is 12.8 Å². The van der Waals surface area contributed by atoms with E-state index in [9.17, 15) is 4.79 Å². The van der Waals surface area contributed by atoms with Crippen molar-refractivity contribution in [3.05, 3.63) is 29.8 Å². The number of carbonyl (C=O) groups excluding carboxylic acids is 1. The molecule has 2 rings (SSSR count). The summed E-state index contributed by atoms with van der Waals surface area (Å²) in [5.74, 6) is 0.782. The third kappa shape index (κ3) is 3.97. The predicted molar refractivity (Wildman–Crippen MR) is 79.7 cm³/mol. The van der Waals surface area contributed by atoms with Gasteiger partial charge in [-0.25, -0.2) is 0 Å². The average molecular weight is 276 g/mol. The van der Waals surface area contributed by atoms with Gasteiger partial charge in [0.15, 0.2) is 0 Å². The van der Waals surface area contributed by atoms with E-state index in [2.05, 4.69) is 5.32 Å². The van der Waals surface area contributed by atoms with Crippen molar-refractivity contribution in [2.75, 3.05) is 7.11 Å². The number of ether oxygens (including phenoxy) is 1. The molecule has 0 heterocycles. The van der Waals surface area contributed by atoms with Crippen LogP contribution in [0, 0.1) is 0 Å². The number of methoxy groups -OCH3 is 1. The SMILES string of the molecule is COc1ccccc1CC(=O)NC1CCCCCC1N. The van der Waals surface area contributed by atoms with E-state index < -0.39 is 0 Å². The summed E-state index contributed by atoms with van der Waals surface area (Å²) in [6.07, 6.45) is 5.85. The van der Waals surface area contributed by atoms with Crippen LogP contribution in [-0.4, -0.2) is 25.1 Å². The molecule has 20 heavy (non-hydrogen) atoms. The van der Waals surface area contributed by atoms with Gasteiger partial charge in [0.1, 0.15) is 5.75 Å². The van der Waals surface area contributed by atoms with Crippen molar-refractivity contribution < 1.29 is 9.53 Å². The fraction of sp³-hybridized carbons (Fsp3) is 0.562. The third-order valence-corrected chi connectivity index (χ3v) is 3.96. The first-order valence-corrected chi connectivity index (χ1v) is 7.37. The first-order valence-electron chi connectivity index (χ1n) is 7.37. The van der Waals surface area contributed by atoms with E-state index >= 15 is 0 Å². The minimum Gasteiger partial charge on any atom is -0.496 e. The van der Waals surface area contributed by atoms with Crippen LogP contribution in [0.15, 0.2) is 24.3 Å². The predicted octanol–water partition coefficient (Wildman–Crippen LogP) is 2.01. The van der Waals surface area contributed by atoms with Crippen molar-refractivity contribution in [3.63, 3.8) is 0 Å². The molecule has 0 spiro atoms. The number of nitrogens with one attached hydrogen (secondary N) is 1. The van der Waals surface area contributed by atoms with Gasteiger partial charge in [-0.1, -0.05) is 37.5 Å². The maximum atomic E-state index is 12.2. The van der Waals surface area contributed by atoms with Crippen molar-refractivity contribution in [2.45, 2.75) is 50.6 Å². The van der Waals surface area contributed by atoms with Crippen molar-refractivity contribution in [1.29, 1.82) is 0 Å². The molecule has 0 bridgehead atoms. The molecular weight excluding hydrogens is 252 g/mol. The zero-order valence-corrected chi connectivity index (χ0v) is 12.1. The van der Waals surface area contributed by atoms with E-state index in [1.807, 2.05) is 24.3 Å². The van der Waals surface area contributed by atoms with Gasteiger partial charge in [0.05, 0.1) is 13.5 Å². The normalized spacial score (nSPS) is 22.9. The molecule has 1 amide bonds. The molecule has 0 saturated heterocycles. The summed E-state index contributed by atoms with van der Waals surface area (Å²) in [7, 11) is 1.62. The summed E-state index contributed by atoms with van der Waals surface area (Å²) in [5, 5.41) is 3.09. The maximum absolute atomic E-state index is 12.2. The number of benzene rings is 1. The quantitative estimate of drug-likeness (QED) is 0.827. The smallest absolute Gasteiger partial charge is 0.224 e. The van der Waals surface area contributed by atoms with Gasteiger partial charge in [-0.15, -0.1) is 0 Å². The Balaban J connectivity index is 1.94. The lowest BCUT2D eigenvalue weighted by atomic mass is 10.0. The largest absolute Gasteiger partial charge is 0.496 e. The van der Waals surface area contributed by atoms with Gasteiger partial charge in [0.25, 0.3) is 0 Å². The van der Waals surface area contributed by atoms with Crippen LogP contribution in [-0.2, 0) is 11.2 Å². The molecular formula is C16H24N2O2. The minimum absolute atomic E-state index is 0.0249. The third-order valence-electron chi connectivity index (χ3n) is 3.96. The molecule has 1 aromatic rings. The van der Waals surface area contributed by atoms with E-state index in [4.69, 9.17) is 10.5 Å². The molecule has 0 radical (unpaired) electrons. The fourth-order valence-corrected chi connectivity index (χ4v) is 2.80. The molecule has 3 N–H and O–H groups in total. The van der Waals surface area contributed by atoms with Crippen LogP contribution in [0.1, 0.15) is 37.7 Å². The van der Waals surface area contributed by atoms with Crippen LogP contribution in [0.2, 0.25) is 0 Å². The van der Waals surface area contributed by atoms with E-state index in [0.29, 0.717) is 6.42 Å². The van der Waals surface area contributed by atoms with E-state index in [0.717, 1.165) is 30.6 Å². The van der Waals surface area contributed by atoms with Crippen LogP contribution in [0.4, 0.5) is 0 Å². The van der Waals surface area contributed by atoms with Gasteiger partial charge >= 0.3 is 0 Å². The van der Waals surface area contributed by atoms with Crippen LogP contribution >= 0.6 is 0 Å². The average Bonchev–Trinajstić information content (AvgIpc) is 2.65. The van der Waals surface area contributed by atoms with Crippen LogP contribution in [0.3, 0.4) is 0 Å². The monoisotopic (exact) mass is 276 g/mol. The Bertz CT molecular complexity index is 448. The maximum Gasteiger partial charge on any atom is 0.224 e. The number of hydrogen-bond donors (Lipinski definition) is 2. The van der Waals surface area contributed by atoms with Crippen molar-refractivity contribution in [2.24, 2.45) is 5.73 Å². The Hall–Kier alpha value is -1.55. The second-order valence-electron chi connectivity index (χ2n) is 5.46. The van der Waals surface area contributed by atoms with E-state index in [1.54, 1.807) is 7.11 Å². The Labute approximate surface area is 120 Å². The number of para-hydroxylation sites is 1. The molecule has 110 valence electrons.